The van der Waals surface area contributed by atoms with Crippen LogP contribution >= 0.6 is 12.2 Å². The zero-order chi connectivity index (χ0) is 22.1. The summed E-state index contributed by atoms with van der Waals surface area (Å²) in [5.74, 6) is -1.71. The van der Waals surface area contributed by atoms with E-state index in [1.54, 1.807) is 36.4 Å². The van der Waals surface area contributed by atoms with Crippen LogP contribution in [0.1, 0.15) is 21.7 Å². The molecule has 2 amide bonds. The van der Waals surface area contributed by atoms with Gasteiger partial charge in [-0.05, 0) is 55.0 Å². The second-order valence-electron chi connectivity index (χ2n) is 6.86. The number of aryl methyl sites for hydroxylation is 1. The van der Waals surface area contributed by atoms with E-state index in [0.29, 0.717) is 17.0 Å². The van der Waals surface area contributed by atoms with Crippen molar-refractivity contribution in [2.45, 2.75) is 6.92 Å². The molecule has 2 heterocycles. The number of hydrogen-bond acceptors (Lipinski definition) is 6. The van der Waals surface area contributed by atoms with E-state index >= 15 is 0 Å². The van der Waals surface area contributed by atoms with E-state index in [2.05, 4.69) is 5.32 Å². The Kier molecular flexibility index (Phi) is 5.22. The number of thiocarbonyl (C=S) groups is 1. The lowest BCUT2D eigenvalue weighted by atomic mass is 10.1. The summed E-state index contributed by atoms with van der Waals surface area (Å²) in [5.41, 5.74) is 2.13. The minimum absolute atomic E-state index is 0.00384. The van der Waals surface area contributed by atoms with E-state index in [1.807, 2.05) is 19.1 Å². The van der Waals surface area contributed by atoms with E-state index in [1.165, 1.54) is 23.1 Å². The molecule has 1 N–H and O–H groups in total. The molecule has 2 aromatic carbocycles. The lowest BCUT2D eigenvalue weighted by molar-refractivity contribution is -0.255. The van der Waals surface area contributed by atoms with E-state index < -0.39 is 17.8 Å². The second kappa shape index (κ2) is 8.00. The van der Waals surface area contributed by atoms with Gasteiger partial charge in [0.1, 0.15) is 17.1 Å². The first kappa shape index (κ1) is 20.2. The van der Waals surface area contributed by atoms with Gasteiger partial charge >= 0.3 is 0 Å². The molecular weight excluding hydrogens is 416 g/mol. The van der Waals surface area contributed by atoms with Crippen molar-refractivity contribution in [3.05, 3.63) is 83.1 Å². The van der Waals surface area contributed by atoms with Gasteiger partial charge in [-0.25, -0.2) is 0 Å². The van der Waals surface area contributed by atoms with Crippen LogP contribution in [0.3, 0.4) is 0 Å². The highest BCUT2D eigenvalue weighted by atomic mass is 32.1. The molecule has 1 aliphatic rings. The standard InChI is InChI=1S/C23H16N2O5S/c1-13-2-8-16(9-3-13)25-21(27)18(20(26)24-23(25)31)12-17-10-11-19(30-17)14-4-6-15(7-5-14)22(28)29/h2-12H,1H3,(H,28,29)(H,24,26,31)/p-1/b18-12-. The summed E-state index contributed by atoms with van der Waals surface area (Å²) in [7, 11) is 0. The summed E-state index contributed by atoms with van der Waals surface area (Å²) >= 11 is 5.19. The zero-order valence-electron chi connectivity index (χ0n) is 16.2. The van der Waals surface area contributed by atoms with Crippen molar-refractivity contribution >= 4 is 46.9 Å². The van der Waals surface area contributed by atoms with Crippen molar-refractivity contribution in [2.75, 3.05) is 4.90 Å². The number of carbonyl (C=O) groups excluding carboxylic acids is 3. The predicted molar refractivity (Wildman–Crippen MR) is 116 cm³/mol. The number of hydrogen-bond donors (Lipinski definition) is 1. The van der Waals surface area contributed by atoms with Crippen molar-refractivity contribution in [3.8, 4) is 11.3 Å². The molecule has 7 nitrogen and oxygen atoms in total. The number of carbonyl (C=O) groups is 3. The van der Waals surface area contributed by atoms with Gasteiger partial charge in [-0.15, -0.1) is 0 Å². The third kappa shape index (κ3) is 4.01. The maximum absolute atomic E-state index is 13.0. The molecule has 0 spiro atoms. The highest BCUT2D eigenvalue weighted by Gasteiger charge is 2.34. The predicted octanol–water partition coefficient (Wildman–Crippen LogP) is 2.45. The number of anilines is 1. The minimum atomic E-state index is -1.27. The summed E-state index contributed by atoms with van der Waals surface area (Å²) in [6.07, 6.45) is 1.35. The van der Waals surface area contributed by atoms with Crippen LogP contribution in [0, 0.1) is 6.92 Å². The average Bonchev–Trinajstić information content (AvgIpc) is 3.21. The number of aromatic carboxylic acids is 1. The number of benzene rings is 2. The molecule has 154 valence electrons. The fourth-order valence-corrected chi connectivity index (χ4v) is 3.37. The first-order chi connectivity index (χ1) is 14.8. The maximum atomic E-state index is 13.0. The Morgan fingerprint density at radius 2 is 1.71 bits per heavy atom. The van der Waals surface area contributed by atoms with Crippen molar-refractivity contribution in [1.82, 2.24) is 5.32 Å². The number of amides is 2. The third-order valence-corrected chi connectivity index (χ3v) is 5.00. The van der Waals surface area contributed by atoms with Crippen LogP contribution in [0.25, 0.3) is 17.4 Å². The van der Waals surface area contributed by atoms with Crippen molar-refractivity contribution < 1.29 is 23.9 Å². The molecule has 31 heavy (non-hydrogen) atoms. The molecule has 1 aromatic heterocycles. The van der Waals surface area contributed by atoms with Crippen LogP contribution in [0.5, 0.6) is 0 Å². The van der Waals surface area contributed by atoms with E-state index in [0.717, 1.165) is 5.56 Å². The fourth-order valence-electron chi connectivity index (χ4n) is 3.08. The smallest absolute Gasteiger partial charge is 0.270 e. The van der Waals surface area contributed by atoms with E-state index in [-0.39, 0.29) is 22.0 Å². The monoisotopic (exact) mass is 431 g/mol. The first-order valence-corrected chi connectivity index (χ1v) is 9.64. The molecule has 0 unspecified atom stereocenters. The number of nitrogens with one attached hydrogen (secondary N) is 1. The molecule has 1 saturated heterocycles. The Morgan fingerprint density at radius 3 is 2.35 bits per heavy atom. The lowest BCUT2D eigenvalue weighted by Crippen LogP contribution is -2.54. The number of carboxylic acids is 1. The average molecular weight is 431 g/mol. The van der Waals surface area contributed by atoms with Crippen LogP contribution < -0.4 is 15.3 Å². The Hall–Kier alpha value is -4.04. The van der Waals surface area contributed by atoms with Crippen LogP contribution in [-0.4, -0.2) is 22.9 Å². The van der Waals surface area contributed by atoms with Crippen LogP contribution in [0.4, 0.5) is 5.69 Å². The molecule has 0 bridgehead atoms. The van der Waals surface area contributed by atoms with Gasteiger partial charge < -0.3 is 14.3 Å². The maximum Gasteiger partial charge on any atom is 0.270 e. The first-order valence-electron chi connectivity index (χ1n) is 9.23. The van der Waals surface area contributed by atoms with Crippen molar-refractivity contribution in [3.63, 3.8) is 0 Å². The summed E-state index contributed by atoms with van der Waals surface area (Å²) in [4.78, 5) is 37.6. The second-order valence-corrected chi connectivity index (χ2v) is 7.25. The Morgan fingerprint density at radius 1 is 1.03 bits per heavy atom. The summed E-state index contributed by atoms with van der Waals surface area (Å²) < 4.78 is 5.73. The summed E-state index contributed by atoms with van der Waals surface area (Å²) in [5, 5.41) is 13.4. The van der Waals surface area contributed by atoms with Crippen LogP contribution in [-0.2, 0) is 9.59 Å². The minimum Gasteiger partial charge on any atom is -0.545 e. The zero-order valence-corrected chi connectivity index (χ0v) is 17.1. The van der Waals surface area contributed by atoms with Gasteiger partial charge in [0.05, 0.1) is 11.7 Å². The third-order valence-electron chi connectivity index (χ3n) is 4.71. The molecule has 0 saturated carbocycles. The lowest BCUT2D eigenvalue weighted by Gasteiger charge is -2.28. The number of rotatable bonds is 4. The SMILES string of the molecule is Cc1ccc(N2C(=O)/C(=C\c3ccc(-c4ccc(C(=O)[O-])cc4)o3)C(=O)NC2=S)cc1. The van der Waals surface area contributed by atoms with Crippen LogP contribution in [0.15, 0.2) is 70.7 Å². The molecule has 0 aliphatic carbocycles. The summed E-state index contributed by atoms with van der Waals surface area (Å²) in [6.45, 7) is 1.92. The fraction of sp³-hybridized carbons (Fsp3) is 0.0435. The van der Waals surface area contributed by atoms with Gasteiger partial charge in [0.2, 0.25) is 0 Å². The van der Waals surface area contributed by atoms with E-state index in [4.69, 9.17) is 16.6 Å². The quantitative estimate of drug-likeness (QED) is 0.387. The molecule has 3 aromatic rings. The Balaban J connectivity index is 1.63. The van der Waals surface area contributed by atoms with Gasteiger partial charge in [0, 0.05) is 5.56 Å². The van der Waals surface area contributed by atoms with Gasteiger partial charge in [-0.3, -0.25) is 19.8 Å². The summed E-state index contributed by atoms with van der Waals surface area (Å²) in [6, 6.07) is 16.4. The normalized spacial score (nSPS) is 15.3. The molecular formula is C23H15N2O5S-. The largest absolute Gasteiger partial charge is 0.545 e. The molecule has 0 radical (unpaired) electrons. The Bertz CT molecular complexity index is 1240. The molecule has 1 fully saturated rings. The molecule has 4 rings (SSSR count). The van der Waals surface area contributed by atoms with E-state index in [9.17, 15) is 19.5 Å². The van der Waals surface area contributed by atoms with Crippen molar-refractivity contribution in [1.29, 1.82) is 0 Å². The Labute approximate surface area is 182 Å². The van der Waals surface area contributed by atoms with Gasteiger partial charge in [-0.1, -0.05) is 42.0 Å². The van der Waals surface area contributed by atoms with Crippen molar-refractivity contribution in [2.24, 2.45) is 0 Å². The molecule has 1 aliphatic heterocycles. The number of furan rings is 1. The van der Waals surface area contributed by atoms with Gasteiger partial charge in [0.15, 0.2) is 5.11 Å². The molecule has 8 heteroatoms. The van der Waals surface area contributed by atoms with Gasteiger partial charge in [-0.2, -0.15) is 0 Å². The topological polar surface area (TPSA) is 103 Å². The molecule has 0 atom stereocenters. The number of carboxylic acid groups (broad SMARTS) is 1. The highest BCUT2D eigenvalue weighted by molar-refractivity contribution is 7.80. The van der Waals surface area contributed by atoms with Gasteiger partial charge in [0.25, 0.3) is 11.8 Å². The highest BCUT2D eigenvalue weighted by Crippen LogP contribution is 2.26. The van der Waals surface area contributed by atoms with Crippen LogP contribution in [0.2, 0.25) is 0 Å². The number of nitrogens with zero attached hydrogens (tertiary/aromatic N) is 1.